The second-order valence-electron chi connectivity index (χ2n) is 4.74. The van der Waals surface area contributed by atoms with Gasteiger partial charge in [0.2, 0.25) is 0 Å². The molecular formula is C13H20ClN3O. The molecule has 0 aliphatic carbocycles. The minimum absolute atomic E-state index is 0.0536. The standard InChI is InChI=1S/C13H20ClN3O/c1-4-5-17-6-7-18-11(8-17)13-15-10(3)9(2)12(14)16-13/h11H,4-8H2,1-3H3. The number of ether oxygens (including phenoxy) is 1. The minimum atomic E-state index is -0.0536. The van der Waals surface area contributed by atoms with Crippen LogP contribution in [0.4, 0.5) is 0 Å². The van der Waals surface area contributed by atoms with Crippen LogP contribution in [0.2, 0.25) is 5.15 Å². The molecule has 0 amide bonds. The molecule has 0 spiro atoms. The molecule has 0 N–H and O–H groups in total. The van der Waals surface area contributed by atoms with Gasteiger partial charge < -0.3 is 4.74 Å². The van der Waals surface area contributed by atoms with E-state index in [0.29, 0.717) is 11.0 Å². The Labute approximate surface area is 113 Å². The molecule has 0 saturated carbocycles. The Balaban J connectivity index is 2.15. The molecule has 1 aliphatic rings. The van der Waals surface area contributed by atoms with E-state index in [0.717, 1.165) is 43.9 Å². The number of aryl methyl sites for hydroxylation is 1. The highest BCUT2D eigenvalue weighted by Gasteiger charge is 2.24. The van der Waals surface area contributed by atoms with E-state index in [1.165, 1.54) is 0 Å². The van der Waals surface area contributed by atoms with Crippen molar-refractivity contribution in [3.63, 3.8) is 0 Å². The number of nitrogens with zero attached hydrogens (tertiary/aromatic N) is 3. The number of hydrogen-bond donors (Lipinski definition) is 0. The lowest BCUT2D eigenvalue weighted by atomic mass is 10.2. The lowest BCUT2D eigenvalue weighted by Crippen LogP contribution is -2.39. The topological polar surface area (TPSA) is 38.2 Å². The smallest absolute Gasteiger partial charge is 0.160 e. The van der Waals surface area contributed by atoms with Crippen LogP contribution < -0.4 is 0 Å². The summed E-state index contributed by atoms with van der Waals surface area (Å²) in [6, 6.07) is 0. The van der Waals surface area contributed by atoms with Crippen molar-refractivity contribution in [3.8, 4) is 0 Å². The van der Waals surface area contributed by atoms with Crippen molar-refractivity contribution in [2.24, 2.45) is 0 Å². The average molecular weight is 270 g/mol. The highest BCUT2D eigenvalue weighted by molar-refractivity contribution is 6.30. The predicted molar refractivity (Wildman–Crippen MR) is 71.9 cm³/mol. The molecule has 1 fully saturated rings. The van der Waals surface area contributed by atoms with Gasteiger partial charge in [0.15, 0.2) is 5.82 Å². The second-order valence-corrected chi connectivity index (χ2v) is 5.10. The molecule has 18 heavy (non-hydrogen) atoms. The van der Waals surface area contributed by atoms with Crippen molar-refractivity contribution in [1.82, 2.24) is 14.9 Å². The quantitative estimate of drug-likeness (QED) is 0.791. The monoisotopic (exact) mass is 269 g/mol. The first-order valence-electron chi connectivity index (χ1n) is 6.46. The molecule has 1 aromatic heterocycles. The Morgan fingerprint density at radius 2 is 2.17 bits per heavy atom. The van der Waals surface area contributed by atoms with Crippen molar-refractivity contribution in [3.05, 3.63) is 22.2 Å². The number of hydrogen-bond acceptors (Lipinski definition) is 4. The van der Waals surface area contributed by atoms with E-state index in [9.17, 15) is 0 Å². The van der Waals surface area contributed by atoms with E-state index in [1.807, 2.05) is 13.8 Å². The first kappa shape index (κ1) is 13.7. The van der Waals surface area contributed by atoms with Gasteiger partial charge >= 0.3 is 0 Å². The van der Waals surface area contributed by atoms with Crippen molar-refractivity contribution < 1.29 is 4.74 Å². The third kappa shape index (κ3) is 2.99. The van der Waals surface area contributed by atoms with E-state index in [-0.39, 0.29) is 6.10 Å². The molecule has 2 heterocycles. The molecule has 0 radical (unpaired) electrons. The highest BCUT2D eigenvalue weighted by Crippen LogP contribution is 2.23. The third-order valence-electron chi connectivity index (χ3n) is 3.33. The average Bonchev–Trinajstić information content (AvgIpc) is 2.36. The van der Waals surface area contributed by atoms with Gasteiger partial charge in [-0.2, -0.15) is 0 Å². The molecular weight excluding hydrogens is 250 g/mol. The lowest BCUT2D eigenvalue weighted by Gasteiger charge is -2.32. The first-order valence-corrected chi connectivity index (χ1v) is 6.84. The zero-order chi connectivity index (χ0) is 13.1. The van der Waals surface area contributed by atoms with Crippen LogP contribution in [0.5, 0.6) is 0 Å². The normalized spacial score (nSPS) is 21.2. The second kappa shape index (κ2) is 5.95. The molecule has 4 nitrogen and oxygen atoms in total. The molecule has 5 heteroatoms. The number of morpholine rings is 1. The molecule has 0 bridgehead atoms. The summed E-state index contributed by atoms with van der Waals surface area (Å²) in [5.41, 5.74) is 1.88. The van der Waals surface area contributed by atoms with Gasteiger partial charge in [0.1, 0.15) is 11.3 Å². The summed E-state index contributed by atoms with van der Waals surface area (Å²) >= 11 is 6.12. The Morgan fingerprint density at radius 1 is 1.39 bits per heavy atom. The van der Waals surface area contributed by atoms with E-state index < -0.39 is 0 Å². The van der Waals surface area contributed by atoms with Crippen molar-refractivity contribution >= 4 is 11.6 Å². The number of rotatable bonds is 3. The first-order chi connectivity index (χ1) is 8.61. The Morgan fingerprint density at radius 3 is 2.83 bits per heavy atom. The Kier molecular flexibility index (Phi) is 4.54. The molecule has 1 unspecified atom stereocenters. The molecule has 0 aromatic carbocycles. The zero-order valence-electron chi connectivity index (χ0n) is 11.2. The van der Waals surface area contributed by atoms with Crippen LogP contribution in [0.25, 0.3) is 0 Å². The fourth-order valence-electron chi connectivity index (χ4n) is 2.14. The summed E-state index contributed by atoms with van der Waals surface area (Å²) in [4.78, 5) is 11.2. The van der Waals surface area contributed by atoms with Crippen molar-refractivity contribution in [2.75, 3.05) is 26.2 Å². The lowest BCUT2D eigenvalue weighted by molar-refractivity contribution is -0.0342. The summed E-state index contributed by atoms with van der Waals surface area (Å²) in [6.45, 7) is 9.76. The van der Waals surface area contributed by atoms with Crippen molar-refractivity contribution in [2.45, 2.75) is 33.3 Å². The molecule has 1 atom stereocenters. The van der Waals surface area contributed by atoms with E-state index in [4.69, 9.17) is 16.3 Å². The maximum Gasteiger partial charge on any atom is 0.160 e. The molecule has 1 aliphatic heterocycles. The maximum absolute atomic E-state index is 6.12. The summed E-state index contributed by atoms with van der Waals surface area (Å²) in [5.74, 6) is 0.712. The van der Waals surface area contributed by atoms with E-state index in [2.05, 4.69) is 21.8 Å². The van der Waals surface area contributed by atoms with Gasteiger partial charge in [0, 0.05) is 24.3 Å². The van der Waals surface area contributed by atoms with Gasteiger partial charge in [0.25, 0.3) is 0 Å². The summed E-state index contributed by atoms with van der Waals surface area (Å²) in [6.07, 6.45) is 1.10. The largest absolute Gasteiger partial charge is 0.368 e. The van der Waals surface area contributed by atoms with Gasteiger partial charge in [-0.1, -0.05) is 18.5 Å². The van der Waals surface area contributed by atoms with Crippen LogP contribution in [-0.4, -0.2) is 41.1 Å². The van der Waals surface area contributed by atoms with Crippen molar-refractivity contribution in [1.29, 1.82) is 0 Å². The molecule has 2 rings (SSSR count). The Hall–Kier alpha value is -0.710. The summed E-state index contributed by atoms with van der Waals surface area (Å²) in [7, 11) is 0. The van der Waals surface area contributed by atoms with Crippen LogP contribution in [0.15, 0.2) is 0 Å². The number of aromatic nitrogens is 2. The van der Waals surface area contributed by atoms with Crippen LogP contribution in [0, 0.1) is 13.8 Å². The number of halogens is 1. The molecule has 1 aromatic rings. The van der Waals surface area contributed by atoms with Crippen LogP contribution in [0.3, 0.4) is 0 Å². The fourth-order valence-corrected chi connectivity index (χ4v) is 2.36. The molecule has 100 valence electrons. The van der Waals surface area contributed by atoms with Crippen LogP contribution in [-0.2, 0) is 4.74 Å². The predicted octanol–water partition coefficient (Wildman–Crippen LogP) is 2.53. The summed E-state index contributed by atoms with van der Waals surface area (Å²) < 4.78 is 5.77. The van der Waals surface area contributed by atoms with Gasteiger partial charge in [-0.15, -0.1) is 0 Å². The fraction of sp³-hybridized carbons (Fsp3) is 0.692. The highest BCUT2D eigenvalue weighted by atomic mass is 35.5. The van der Waals surface area contributed by atoms with Crippen LogP contribution in [0.1, 0.15) is 36.5 Å². The molecule has 1 saturated heterocycles. The van der Waals surface area contributed by atoms with E-state index in [1.54, 1.807) is 0 Å². The summed E-state index contributed by atoms with van der Waals surface area (Å²) in [5, 5.41) is 0.536. The van der Waals surface area contributed by atoms with Gasteiger partial charge in [0.05, 0.1) is 6.61 Å². The van der Waals surface area contributed by atoms with Gasteiger partial charge in [-0.25, -0.2) is 9.97 Å². The minimum Gasteiger partial charge on any atom is -0.368 e. The third-order valence-corrected chi connectivity index (χ3v) is 3.69. The van der Waals surface area contributed by atoms with Crippen LogP contribution >= 0.6 is 11.6 Å². The Bertz CT molecular complexity index is 400. The SMILES string of the molecule is CCCN1CCOC(c2nc(C)c(C)c(Cl)n2)C1. The zero-order valence-corrected chi connectivity index (χ0v) is 12.0. The van der Waals surface area contributed by atoms with Gasteiger partial charge in [-0.3, -0.25) is 4.90 Å². The maximum atomic E-state index is 6.12. The van der Waals surface area contributed by atoms with E-state index >= 15 is 0 Å². The van der Waals surface area contributed by atoms with Gasteiger partial charge in [-0.05, 0) is 26.8 Å².